The van der Waals surface area contributed by atoms with Gasteiger partial charge < -0.3 is 15.0 Å². The number of carbonyl (C=O) groups excluding carboxylic acids is 2. The zero-order valence-corrected chi connectivity index (χ0v) is 15.6. The molecule has 0 bridgehead atoms. The largest absolute Gasteiger partial charge is 0.418 e. The van der Waals surface area contributed by atoms with Crippen molar-refractivity contribution in [3.63, 3.8) is 0 Å². The number of alkyl halides is 3. The van der Waals surface area contributed by atoms with Crippen LogP contribution in [0, 0.1) is 5.82 Å². The van der Waals surface area contributed by atoms with Crippen LogP contribution in [-0.4, -0.2) is 43.5 Å². The Hall–Kier alpha value is -2.94. The number of carbonyl (C=O) groups is 2. The highest BCUT2D eigenvalue weighted by atomic mass is 19.4. The average Bonchev–Trinajstić information content (AvgIpc) is 2.66. The Morgan fingerprint density at radius 3 is 2.38 bits per heavy atom. The molecule has 2 aromatic carbocycles. The van der Waals surface area contributed by atoms with E-state index in [1.165, 1.54) is 37.4 Å². The summed E-state index contributed by atoms with van der Waals surface area (Å²) in [7, 11) is 1.40. The van der Waals surface area contributed by atoms with Crippen LogP contribution in [0.15, 0.2) is 48.5 Å². The summed E-state index contributed by atoms with van der Waals surface area (Å²) in [5.74, 6) is -1.91. The van der Waals surface area contributed by atoms with Gasteiger partial charge in [-0.1, -0.05) is 30.3 Å². The summed E-state index contributed by atoms with van der Waals surface area (Å²) >= 11 is 0. The zero-order chi connectivity index (χ0) is 21.4. The number of ether oxygens (including phenoxy) is 1. The van der Waals surface area contributed by atoms with E-state index < -0.39 is 41.6 Å². The van der Waals surface area contributed by atoms with Crippen molar-refractivity contribution in [2.45, 2.75) is 12.6 Å². The van der Waals surface area contributed by atoms with E-state index in [1.807, 2.05) is 0 Å². The average molecular weight is 412 g/mol. The van der Waals surface area contributed by atoms with Crippen LogP contribution in [-0.2, 0) is 26.9 Å². The van der Waals surface area contributed by atoms with Crippen molar-refractivity contribution < 1.29 is 31.9 Å². The van der Waals surface area contributed by atoms with Crippen LogP contribution in [0.1, 0.15) is 11.1 Å². The van der Waals surface area contributed by atoms with Gasteiger partial charge in [-0.05, 0) is 23.8 Å². The van der Waals surface area contributed by atoms with Crippen molar-refractivity contribution in [2.75, 3.05) is 32.1 Å². The highest BCUT2D eigenvalue weighted by molar-refractivity contribution is 5.95. The van der Waals surface area contributed by atoms with Gasteiger partial charge in [0, 0.05) is 13.7 Å². The second-order valence-corrected chi connectivity index (χ2v) is 6.17. The lowest BCUT2D eigenvalue weighted by atomic mass is 10.1. The Morgan fingerprint density at radius 2 is 1.72 bits per heavy atom. The van der Waals surface area contributed by atoms with Crippen LogP contribution >= 0.6 is 0 Å². The van der Waals surface area contributed by atoms with Gasteiger partial charge in [0.15, 0.2) is 0 Å². The summed E-state index contributed by atoms with van der Waals surface area (Å²) in [4.78, 5) is 25.9. The molecular weight excluding hydrogens is 392 g/mol. The SMILES string of the molecule is COCCN(CC(=O)Nc1ccccc1C(F)(F)F)C(=O)Cc1ccccc1F. The molecule has 156 valence electrons. The molecule has 1 N–H and O–H groups in total. The molecule has 0 atom stereocenters. The number of amides is 2. The number of nitrogens with one attached hydrogen (secondary N) is 1. The molecule has 0 saturated carbocycles. The van der Waals surface area contributed by atoms with Crippen molar-refractivity contribution >= 4 is 17.5 Å². The zero-order valence-electron chi connectivity index (χ0n) is 15.6. The first-order chi connectivity index (χ1) is 13.7. The number of nitrogens with zero attached hydrogens (tertiary/aromatic N) is 1. The number of anilines is 1. The molecular formula is C20H20F4N2O3. The Labute approximate surface area is 165 Å². The topological polar surface area (TPSA) is 58.6 Å². The van der Waals surface area contributed by atoms with Gasteiger partial charge in [-0.2, -0.15) is 13.2 Å². The van der Waals surface area contributed by atoms with Crippen LogP contribution in [0.4, 0.5) is 23.2 Å². The predicted octanol–water partition coefficient (Wildman–Crippen LogP) is 3.50. The second kappa shape index (κ2) is 10.0. The number of methoxy groups -OCH3 is 1. The number of benzene rings is 2. The molecule has 9 heteroatoms. The number of halogens is 4. The Kier molecular flexibility index (Phi) is 7.72. The van der Waals surface area contributed by atoms with E-state index in [2.05, 4.69) is 5.32 Å². The van der Waals surface area contributed by atoms with Crippen molar-refractivity contribution in [1.29, 1.82) is 0 Å². The Morgan fingerprint density at radius 1 is 1.07 bits per heavy atom. The smallest absolute Gasteiger partial charge is 0.383 e. The van der Waals surface area contributed by atoms with Gasteiger partial charge in [0.1, 0.15) is 5.82 Å². The van der Waals surface area contributed by atoms with Gasteiger partial charge in [-0.3, -0.25) is 9.59 Å². The third-order valence-electron chi connectivity index (χ3n) is 4.06. The lowest BCUT2D eigenvalue weighted by molar-refractivity contribution is -0.137. The molecule has 0 aliphatic heterocycles. The standard InChI is InChI=1S/C20H20F4N2O3/c1-29-11-10-26(19(28)12-14-6-2-4-8-16(14)21)13-18(27)25-17-9-5-3-7-15(17)20(22,23)24/h2-9H,10-13H2,1H3,(H,25,27). The summed E-state index contributed by atoms with van der Waals surface area (Å²) in [6, 6.07) is 10.3. The summed E-state index contributed by atoms with van der Waals surface area (Å²) in [6.45, 7) is -0.365. The monoisotopic (exact) mass is 412 g/mol. The van der Waals surface area contributed by atoms with E-state index in [0.29, 0.717) is 0 Å². The number of hydrogen-bond acceptors (Lipinski definition) is 3. The number of para-hydroxylation sites is 1. The van der Waals surface area contributed by atoms with E-state index in [9.17, 15) is 27.2 Å². The minimum atomic E-state index is -4.64. The van der Waals surface area contributed by atoms with Crippen molar-refractivity contribution in [3.8, 4) is 0 Å². The van der Waals surface area contributed by atoms with E-state index in [4.69, 9.17) is 4.74 Å². The van der Waals surface area contributed by atoms with Gasteiger partial charge in [0.2, 0.25) is 11.8 Å². The molecule has 0 aromatic heterocycles. The van der Waals surface area contributed by atoms with Crippen LogP contribution in [0.5, 0.6) is 0 Å². The molecule has 2 rings (SSSR count). The summed E-state index contributed by atoms with van der Waals surface area (Å²) in [5, 5.41) is 2.19. The molecule has 0 unspecified atom stereocenters. The van der Waals surface area contributed by atoms with Gasteiger partial charge in [-0.15, -0.1) is 0 Å². The normalized spacial score (nSPS) is 11.2. The maximum absolute atomic E-state index is 13.8. The molecule has 0 radical (unpaired) electrons. The van der Waals surface area contributed by atoms with Gasteiger partial charge in [0.25, 0.3) is 0 Å². The maximum atomic E-state index is 13.8. The van der Waals surface area contributed by atoms with Gasteiger partial charge >= 0.3 is 6.18 Å². The quantitative estimate of drug-likeness (QED) is 0.676. The Balaban J connectivity index is 2.11. The molecule has 2 aromatic rings. The summed E-state index contributed by atoms with van der Waals surface area (Å²) < 4.78 is 57.9. The van der Waals surface area contributed by atoms with Crippen LogP contribution in [0.3, 0.4) is 0 Å². The molecule has 0 aliphatic rings. The van der Waals surface area contributed by atoms with Gasteiger partial charge in [-0.25, -0.2) is 4.39 Å². The van der Waals surface area contributed by atoms with E-state index in [1.54, 1.807) is 6.07 Å². The summed E-state index contributed by atoms with van der Waals surface area (Å²) in [6.07, 6.45) is -4.93. The van der Waals surface area contributed by atoms with E-state index in [-0.39, 0.29) is 25.1 Å². The fourth-order valence-corrected chi connectivity index (χ4v) is 2.61. The highest BCUT2D eigenvalue weighted by Crippen LogP contribution is 2.34. The van der Waals surface area contributed by atoms with E-state index in [0.717, 1.165) is 17.0 Å². The highest BCUT2D eigenvalue weighted by Gasteiger charge is 2.33. The predicted molar refractivity (Wildman–Crippen MR) is 98.6 cm³/mol. The van der Waals surface area contributed by atoms with E-state index >= 15 is 0 Å². The van der Waals surface area contributed by atoms with Crippen molar-refractivity contribution in [2.24, 2.45) is 0 Å². The maximum Gasteiger partial charge on any atom is 0.418 e. The molecule has 5 nitrogen and oxygen atoms in total. The van der Waals surface area contributed by atoms with Crippen molar-refractivity contribution in [3.05, 3.63) is 65.5 Å². The number of rotatable bonds is 8. The molecule has 0 saturated heterocycles. The summed E-state index contributed by atoms with van der Waals surface area (Å²) in [5.41, 5.74) is -1.24. The second-order valence-electron chi connectivity index (χ2n) is 6.17. The first kappa shape index (κ1) is 22.4. The van der Waals surface area contributed by atoms with Crippen LogP contribution in [0.2, 0.25) is 0 Å². The fraction of sp³-hybridized carbons (Fsp3) is 0.300. The number of hydrogen-bond donors (Lipinski definition) is 1. The molecule has 0 aliphatic carbocycles. The van der Waals surface area contributed by atoms with Gasteiger partial charge in [0.05, 0.1) is 30.8 Å². The molecule has 0 fully saturated rings. The molecule has 2 amide bonds. The minimum absolute atomic E-state index is 0.0259. The molecule has 0 heterocycles. The lowest BCUT2D eigenvalue weighted by Gasteiger charge is -2.22. The molecule has 29 heavy (non-hydrogen) atoms. The first-order valence-electron chi connectivity index (χ1n) is 8.68. The first-order valence-corrected chi connectivity index (χ1v) is 8.68. The minimum Gasteiger partial charge on any atom is -0.383 e. The third-order valence-corrected chi connectivity index (χ3v) is 4.06. The molecule has 0 spiro atoms. The third kappa shape index (κ3) is 6.56. The fourth-order valence-electron chi connectivity index (χ4n) is 2.61. The Bertz CT molecular complexity index is 856. The van der Waals surface area contributed by atoms with Crippen LogP contribution < -0.4 is 5.32 Å². The van der Waals surface area contributed by atoms with Crippen LogP contribution in [0.25, 0.3) is 0 Å². The van der Waals surface area contributed by atoms with Crippen molar-refractivity contribution in [1.82, 2.24) is 4.90 Å². The lowest BCUT2D eigenvalue weighted by Crippen LogP contribution is -2.41.